The summed E-state index contributed by atoms with van der Waals surface area (Å²) in [5.41, 5.74) is 8.38. The molecule has 1 spiro atoms. The second kappa shape index (κ2) is 13.2. The summed E-state index contributed by atoms with van der Waals surface area (Å²) in [5, 5.41) is 10.3. The molecule has 5 rings (SSSR count). The Morgan fingerprint density at radius 1 is 1.16 bits per heavy atom. The first-order valence-electron chi connectivity index (χ1n) is 15.2. The van der Waals surface area contributed by atoms with E-state index in [2.05, 4.69) is 25.6 Å². The molecular formula is C30H43N9O5. The predicted molar refractivity (Wildman–Crippen MR) is 165 cm³/mol. The summed E-state index contributed by atoms with van der Waals surface area (Å²) in [6.07, 6.45) is 2.80. The Bertz CT molecular complexity index is 1520. The summed E-state index contributed by atoms with van der Waals surface area (Å²) in [5.74, 6) is -0.294. The van der Waals surface area contributed by atoms with E-state index in [1.807, 2.05) is 18.4 Å². The van der Waals surface area contributed by atoms with Crippen molar-refractivity contribution in [3.05, 3.63) is 35.2 Å². The van der Waals surface area contributed by atoms with Crippen LogP contribution < -0.4 is 21.1 Å². The van der Waals surface area contributed by atoms with Gasteiger partial charge in [-0.15, -0.1) is 0 Å². The first kappa shape index (κ1) is 31.3. The number of imidazole rings is 1. The quantitative estimate of drug-likeness (QED) is 0.263. The van der Waals surface area contributed by atoms with Crippen molar-refractivity contribution in [1.29, 1.82) is 0 Å². The SMILES string of the molecule is CCn1nc(C)cc1C(=O)Nc1nc2cc(C(N)=O)cc(OC)c2n1CCCNC(=O)N(C)CCN1CC2(CCOCC2)C1. The van der Waals surface area contributed by atoms with Crippen LogP contribution in [0.15, 0.2) is 18.2 Å². The van der Waals surface area contributed by atoms with Crippen molar-refractivity contribution < 1.29 is 23.9 Å². The number of anilines is 1. The van der Waals surface area contributed by atoms with Crippen LogP contribution in [0.1, 0.15) is 52.7 Å². The number of aromatic nitrogens is 4. The molecule has 1 aromatic carbocycles. The van der Waals surface area contributed by atoms with Crippen molar-refractivity contribution in [3.63, 3.8) is 0 Å². The highest BCUT2D eigenvalue weighted by Gasteiger charge is 2.43. The molecule has 0 unspecified atom stereocenters. The topological polar surface area (TPSA) is 162 Å². The maximum Gasteiger partial charge on any atom is 0.317 e. The normalized spacial score (nSPS) is 16.1. The summed E-state index contributed by atoms with van der Waals surface area (Å²) in [7, 11) is 3.30. The highest BCUT2D eigenvalue weighted by Crippen LogP contribution is 2.39. The number of benzene rings is 1. The molecule has 4 amide bonds. The number of methoxy groups -OCH3 is 1. The Morgan fingerprint density at radius 2 is 1.91 bits per heavy atom. The molecule has 0 aliphatic carbocycles. The predicted octanol–water partition coefficient (Wildman–Crippen LogP) is 2.06. The van der Waals surface area contributed by atoms with Crippen LogP contribution in [0.2, 0.25) is 0 Å². The number of ether oxygens (including phenoxy) is 2. The first-order chi connectivity index (χ1) is 21.1. The van der Waals surface area contributed by atoms with Gasteiger partial charge < -0.3 is 34.9 Å². The molecule has 2 aliphatic heterocycles. The third-order valence-electron chi connectivity index (χ3n) is 8.58. The Morgan fingerprint density at radius 3 is 2.59 bits per heavy atom. The number of likely N-dealkylation sites (N-methyl/N-ethyl adjacent to an activating group) is 1. The monoisotopic (exact) mass is 609 g/mol. The van der Waals surface area contributed by atoms with Gasteiger partial charge >= 0.3 is 6.03 Å². The van der Waals surface area contributed by atoms with Gasteiger partial charge in [0.15, 0.2) is 0 Å². The van der Waals surface area contributed by atoms with Crippen LogP contribution in [0.25, 0.3) is 11.0 Å². The van der Waals surface area contributed by atoms with Crippen LogP contribution in [-0.2, 0) is 17.8 Å². The number of nitrogens with zero attached hydrogens (tertiary/aromatic N) is 6. The van der Waals surface area contributed by atoms with Gasteiger partial charge in [0.25, 0.3) is 5.91 Å². The summed E-state index contributed by atoms with van der Waals surface area (Å²) in [4.78, 5) is 46.8. The number of carbonyl (C=O) groups is 3. The molecule has 0 atom stereocenters. The number of likely N-dealkylation sites (tertiary alicyclic amines) is 1. The fourth-order valence-electron chi connectivity index (χ4n) is 6.12. The molecule has 2 saturated heterocycles. The molecule has 14 nitrogen and oxygen atoms in total. The number of nitrogens with one attached hydrogen (secondary N) is 2. The van der Waals surface area contributed by atoms with Crippen molar-refractivity contribution in [1.82, 2.24) is 34.4 Å². The van der Waals surface area contributed by atoms with Gasteiger partial charge in [-0.3, -0.25) is 19.6 Å². The summed E-state index contributed by atoms with van der Waals surface area (Å²) in [6, 6.07) is 4.71. The number of amides is 4. The Labute approximate surface area is 256 Å². The maximum absolute atomic E-state index is 13.3. The number of hydrogen-bond donors (Lipinski definition) is 3. The molecule has 0 bridgehead atoms. The highest BCUT2D eigenvalue weighted by molar-refractivity contribution is 6.04. The van der Waals surface area contributed by atoms with Gasteiger partial charge in [0.05, 0.1) is 18.3 Å². The average molecular weight is 610 g/mol. The van der Waals surface area contributed by atoms with E-state index in [4.69, 9.17) is 15.2 Å². The molecule has 44 heavy (non-hydrogen) atoms. The first-order valence-corrected chi connectivity index (χ1v) is 15.2. The maximum atomic E-state index is 13.3. The largest absolute Gasteiger partial charge is 0.494 e. The molecule has 14 heteroatoms. The van der Waals surface area contributed by atoms with E-state index < -0.39 is 5.91 Å². The van der Waals surface area contributed by atoms with Crippen molar-refractivity contribution in [2.45, 2.75) is 46.2 Å². The fraction of sp³-hybridized carbons (Fsp3) is 0.567. The summed E-state index contributed by atoms with van der Waals surface area (Å²) < 4.78 is 14.5. The van der Waals surface area contributed by atoms with Gasteiger partial charge in [0, 0.05) is 77.1 Å². The number of urea groups is 1. The second-order valence-electron chi connectivity index (χ2n) is 11.8. The number of carbonyl (C=O) groups excluding carboxylic acids is 3. The standard InChI is InChI=1S/C30H43N9O5/c1-5-39-23(15-20(2)35-39)27(41)34-28-33-22-16-21(26(31)40)17-24(43-4)25(22)38(28)10-6-9-32-29(42)36(3)11-12-37-18-30(19-37)7-13-44-14-8-30/h15-17H,5-14,18-19H2,1-4H3,(H2,31,40)(H,32,42)(H,33,34,41). The Kier molecular flexibility index (Phi) is 9.39. The van der Waals surface area contributed by atoms with Crippen LogP contribution in [0.4, 0.5) is 10.7 Å². The minimum Gasteiger partial charge on any atom is -0.494 e. The van der Waals surface area contributed by atoms with E-state index >= 15 is 0 Å². The van der Waals surface area contributed by atoms with E-state index in [1.165, 1.54) is 7.11 Å². The Balaban J connectivity index is 1.22. The van der Waals surface area contributed by atoms with Gasteiger partial charge in [-0.25, -0.2) is 9.78 Å². The molecule has 2 aromatic heterocycles. The molecule has 4 N–H and O–H groups in total. The van der Waals surface area contributed by atoms with Crippen LogP contribution in [0.5, 0.6) is 5.75 Å². The molecule has 0 saturated carbocycles. The molecule has 0 radical (unpaired) electrons. The summed E-state index contributed by atoms with van der Waals surface area (Å²) in [6.45, 7) is 10.4. The van der Waals surface area contributed by atoms with Gasteiger partial charge in [-0.05, 0) is 51.3 Å². The third kappa shape index (κ3) is 6.65. The third-order valence-corrected chi connectivity index (χ3v) is 8.58. The number of nitrogens with two attached hydrogens (primary N) is 1. The second-order valence-corrected chi connectivity index (χ2v) is 11.8. The molecule has 3 aromatic rings. The lowest BCUT2D eigenvalue weighted by Crippen LogP contribution is -2.59. The lowest BCUT2D eigenvalue weighted by Gasteiger charge is -2.52. The van der Waals surface area contributed by atoms with Crippen molar-refractivity contribution in [2.24, 2.45) is 11.1 Å². The van der Waals surface area contributed by atoms with Crippen LogP contribution in [0, 0.1) is 12.3 Å². The van der Waals surface area contributed by atoms with Crippen LogP contribution in [-0.4, -0.2) is 107 Å². The number of primary amides is 1. The molecule has 2 aliphatic rings. The number of fused-ring (bicyclic) bond motifs is 1. The van der Waals surface area contributed by atoms with E-state index in [9.17, 15) is 14.4 Å². The average Bonchev–Trinajstić information content (AvgIpc) is 3.55. The zero-order chi connectivity index (χ0) is 31.4. The van der Waals surface area contributed by atoms with Gasteiger partial charge in [-0.2, -0.15) is 5.10 Å². The minimum atomic E-state index is -0.614. The smallest absolute Gasteiger partial charge is 0.317 e. The number of hydrogen-bond acceptors (Lipinski definition) is 8. The summed E-state index contributed by atoms with van der Waals surface area (Å²) >= 11 is 0. The zero-order valence-corrected chi connectivity index (χ0v) is 26.0. The minimum absolute atomic E-state index is 0.137. The lowest BCUT2D eigenvalue weighted by molar-refractivity contribution is -0.0810. The fourth-order valence-corrected chi connectivity index (χ4v) is 6.12. The van der Waals surface area contributed by atoms with Gasteiger partial charge in [0.1, 0.15) is 17.0 Å². The van der Waals surface area contributed by atoms with Crippen molar-refractivity contribution in [3.8, 4) is 5.75 Å². The molecular weight excluding hydrogens is 566 g/mol. The zero-order valence-electron chi connectivity index (χ0n) is 26.0. The molecule has 4 heterocycles. The van der Waals surface area contributed by atoms with E-state index in [-0.39, 0.29) is 23.5 Å². The highest BCUT2D eigenvalue weighted by atomic mass is 16.5. The lowest BCUT2D eigenvalue weighted by atomic mass is 9.73. The van der Waals surface area contributed by atoms with Gasteiger partial charge in [0.2, 0.25) is 11.9 Å². The van der Waals surface area contributed by atoms with Crippen LogP contribution >= 0.6 is 0 Å². The molecule has 2 fully saturated rings. The van der Waals surface area contributed by atoms with E-state index in [0.717, 1.165) is 51.4 Å². The van der Waals surface area contributed by atoms with Crippen molar-refractivity contribution >= 4 is 34.8 Å². The van der Waals surface area contributed by atoms with Gasteiger partial charge in [-0.1, -0.05) is 0 Å². The number of rotatable bonds is 12. The van der Waals surface area contributed by atoms with E-state index in [1.54, 1.807) is 34.8 Å². The molecule has 238 valence electrons. The number of aryl methyl sites for hydroxylation is 3. The van der Waals surface area contributed by atoms with E-state index in [0.29, 0.717) is 60.5 Å². The van der Waals surface area contributed by atoms with Crippen LogP contribution in [0.3, 0.4) is 0 Å². The Hall–Kier alpha value is -4.17. The van der Waals surface area contributed by atoms with Crippen molar-refractivity contribution in [2.75, 3.05) is 65.4 Å².